The lowest BCUT2D eigenvalue weighted by molar-refractivity contribution is -0.135. The molecule has 4 N–H and O–H groups in total. The van der Waals surface area contributed by atoms with Crippen molar-refractivity contribution in [2.75, 3.05) is 32.7 Å². The van der Waals surface area contributed by atoms with E-state index >= 15 is 0 Å². The zero-order valence-electron chi connectivity index (χ0n) is 17.6. The van der Waals surface area contributed by atoms with Gasteiger partial charge in [-0.3, -0.25) is 14.6 Å². The first kappa shape index (κ1) is 22.5. The summed E-state index contributed by atoms with van der Waals surface area (Å²) in [6, 6.07) is 6.71. The molecule has 29 heavy (non-hydrogen) atoms. The van der Waals surface area contributed by atoms with Crippen molar-refractivity contribution in [1.29, 1.82) is 0 Å². The van der Waals surface area contributed by atoms with Gasteiger partial charge >= 0.3 is 0 Å². The van der Waals surface area contributed by atoms with Gasteiger partial charge in [-0.2, -0.15) is 0 Å². The van der Waals surface area contributed by atoms with Crippen LogP contribution in [0.15, 0.2) is 29.3 Å². The number of carbonyl (C=O) groups is 2. The molecule has 1 aliphatic rings. The molecule has 8 nitrogen and oxygen atoms in total. The number of carbonyl (C=O) groups excluding carboxylic acids is 2. The molecule has 160 valence electrons. The number of phenolic OH excluding ortho intramolecular Hbond substituents is 1. The summed E-state index contributed by atoms with van der Waals surface area (Å²) in [5, 5.41) is 19.1. The lowest BCUT2D eigenvalue weighted by Gasteiger charge is -2.34. The van der Waals surface area contributed by atoms with E-state index in [1.807, 2.05) is 25.7 Å². The third-order valence-corrected chi connectivity index (χ3v) is 4.80. The minimum absolute atomic E-state index is 0.0337. The van der Waals surface area contributed by atoms with E-state index in [9.17, 15) is 14.7 Å². The third-order valence-electron chi connectivity index (χ3n) is 4.80. The molecule has 0 spiro atoms. The molecule has 8 heteroatoms. The smallest absolute Gasteiger partial charge is 0.255 e. The highest BCUT2D eigenvalue weighted by Crippen LogP contribution is 2.15. The van der Waals surface area contributed by atoms with Crippen molar-refractivity contribution in [3.05, 3.63) is 29.8 Å². The van der Waals surface area contributed by atoms with Crippen LogP contribution in [0.2, 0.25) is 0 Å². The molecule has 0 bridgehead atoms. The van der Waals surface area contributed by atoms with E-state index in [1.54, 1.807) is 18.2 Å². The molecule has 0 atom stereocenters. The lowest BCUT2D eigenvalue weighted by atomic mass is 10.0. The summed E-state index contributed by atoms with van der Waals surface area (Å²) in [6.07, 6.45) is 1.76. The number of phenols is 1. The molecule has 2 amide bonds. The Morgan fingerprint density at radius 2 is 1.90 bits per heavy atom. The van der Waals surface area contributed by atoms with E-state index in [0.717, 1.165) is 32.5 Å². The first-order chi connectivity index (χ1) is 13.9. The van der Waals surface area contributed by atoms with Crippen LogP contribution in [0.3, 0.4) is 0 Å². The Hall–Kier alpha value is -2.77. The Morgan fingerprint density at radius 3 is 2.52 bits per heavy atom. The van der Waals surface area contributed by atoms with Crippen LogP contribution in [0.1, 0.15) is 44.0 Å². The van der Waals surface area contributed by atoms with Crippen molar-refractivity contribution in [2.24, 2.45) is 10.9 Å². The number of guanidine groups is 1. The fourth-order valence-electron chi connectivity index (χ4n) is 3.22. The Kier molecular flexibility index (Phi) is 8.76. The van der Waals surface area contributed by atoms with Crippen LogP contribution in [-0.2, 0) is 4.79 Å². The van der Waals surface area contributed by atoms with Crippen molar-refractivity contribution in [3.63, 3.8) is 0 Å². The van der Waals surface area contributed by atoms with Crippen LogP contribution in [-0.4, -0.2) is 66.5 Å². The third kappa shape index (κ3) is 6.96. The number of nitrogens with one attached hydrogen (secondary N) is 3. The van der Waals surface area contributed by atoms with Gasteiger partial charge < -0.3 is 26.0 Å². The van der Waals surface area contributed by atoms with Gasteiger partial charge in [0.25, 0.3) is 5.91 Å². The number of aromatic hydroxyl groups is 1. The van der Waals surface area contributed by atoms with Crippen molar-refractivity contribution in [3.8, 4) is 5.75 Å². The van der Waals surface area contributed by atoms with Gasteiger partial charge in [0.1, 0.15) is 5.75 Å². The molecule has 0 saturated carbocycles. The molecule has 1 aliphatic heterocycles. The molecular formula is C21H33N5O3. The number of likely N-dealkylation sites (tertiary alicyclic amines) is 1. The number of amides is 2. The molecule has 2 rings (SSSR count). The fourth-order valence-corrected chi connectivity index (χ4v) is 3.22. The van der Waals surface area contributed by atoms with Crippen LogP contribution in [0.5, 0.6) is 5.75 Å². The van der Waals surface area contributed by atoms with Crippen LogP contribution in [0, 0.1) is 5.92 Å². The standard InChI is InChI=1S/C21H33N5O3/c1-4-22-21(25-16-9-13-26(14-10-16)20(29)15(2)3)24-12-11-23-19(28)17-7-5-6-8-18(17)27/h5-8,15-16,27H,4,9-14H2,1-3H3,(H,23,28)(H2,22,24,25). The highest BCUT2D eigenvalue weighted by Gasteiger charge is 2.24. The van der Waals surface area contributed by atoms with Crippen molar-refractivity contribution in [2.45, 2.75) is 39.7 Å². The Labute approximate surface area is 172 Å². The van der Waals surface area contributed by atoms with Crippen LogP contribution in [0.25, 0.3) is 0 Å². The summed E-state index contributed by atoms with van der Waals surface area (Å²) >= 11 is 0. The molecule has 0 aromatic heterocycles. The Balaban J connectivity index is 1.79. The summed E-state index contributed by atoms with van der Waals surface area (Å²) < 4.78 is 0. The minimum Gasteiger partial charge on any atom is -0.507 e. The van der Waals surface area contributed by atoms with Crippen molar-refractivity contribution >= 4 is 17.8 Å². The number of piperidine rings is 1. The predicted octanol–water partition coefficient (Wildman–Crippen LogP) is 1.32. The maximum Gasteiger partial charge on any atom is 0.255 e. The van der Waals surface area contributed by atoms with E-state index < -0.39 is 0 Å². The Morgan fingerprint density at radius 1 is 1.21 bits per heavy atom. The largest absolute Gasteiger partial charge is 0.507 e. The Bertz CT molecular complexity index is 712. The SMILES string of the molecule is CCNC(=NCCNC(=O)c1ccccc1O)NC1CCN(C(=O)C(C)C)CC1. The van der Waals surface area contributed by atoms with E-state index in [1.165, 1.54) is 6.07 Å². The molecule has 1 aromatic rings. The molecule has 0 unspecified atom stereocenters. The average molecular weight is 404 g/mol. The number of aliphatic imine (C=N–C) groups is 1. The summed E-state index contributed by atoms with van der Waals surface area (Å²) in [4.78, 5) is 30.7. The molecular weight excluding hydrogens is 370 g/mol. The van der Waals surface area contributed by atoms with E-state index in [0.29, 0.717) is 19.0 Å². The summed E-state index contributed by atoms with van der Waals surface area (Å²) in [6.45, 7) is 8.89. The highest BCUT2D eigenvalue weighted by atomic mass is 16.3. The molecule has 1 aromatic carbocycles. The number of nitrogens with zero attached hydrogens (tertiary/aromatic N) is 2. The topological polar surface area (TPSA) is 106 Å². The number of hydrogen-bond acceptors (Lipinski definition) is 4. The first-order valence-corrected chi connectivity index (χ1v) is 10.3. The second kappa shape index (κ2) is 11.3. The maximum atomic E-state index is 12.1. The monoisotopic (exact) mass is 403 g/mol. The van der Waals surface area contributed by atoms with Gasteiger partial charge in [-0.15, -0.1) is 0 Å². The normalized spacial score (nSPS) is 15.3. The molecule has 0 aliphatic carbocycles. The molecule has 0 radical (unpaired) electrons. The zero-order chi connectivity index (χ0) is 21.2. The molecule has 1 heterocycles. The zero-order valence-corrected chi connectivity index (χ0v) is 17.6. The molecule has 1 saturated heterocycles. The summed E-state index contributed by atoms with van der Waals surface area (Å²) in [7, 11) is 0. The van der Waals surface area contributed by atoms with Crippen molar-refractivity contribution < 1.29 is 14.7 Å². The average Bonchev–Trinajstić information content (AvgIpc) is 2.71. The van der Waals surface area contributed by atoms with Gasteiger partial charge in [-0.25, -0.2) is 0 Å². The van der Waals surface area contributed by atoms with E-state index in [2.05, 4.69) is 20.9 Å². The van der Waals surface area contributed by atoms with Gasteiger partial charge in [0.15, 0.2) is 5.96 Å². The highest BCUT2D eigenvalue weighted by molar-refractivity contribution is 5.96. The predicted molar refractivity (Wildman–Crippen MR) is 114 cm³/mol. The number of rotatable bonds is 7. The van der Waals surface area contributed by atoms with E-state index in [4.69, 9.17) is 0 Å². The first-order valence-electron chi connectivity index (χ1n) is 10.3. The second-order valence-corrected chi connectivity index (χ2v) is 7.43. The van der Waals surface area contributed by atoms with E-state index in [-0.39, 0.29) is 35.1 Å². The second-order valence-electron chi connectivity index (χ2n) is 7.43. The van der Waals surface area contributed by atoms with Gasteiger partial charge in [-0.05, 0) is 31.9 Å². The number of benzene rings is 1. The molecule has 1 fully saturated rings. The summed E-state index contributed by atoms with van der Waals surface area (Å²) in [5.74, 6) is 0.595. The fraction of sp³-hybridized carbons (Fsp3) is 0.571. The number of hydrogen-bond donors (Lipinski definition) is 4. The van der Waals surface area contributed by atoms with Gasteiger partial charge in [-0.1, -0.05) is 26.0 Å². The number of para-hydroxylation sites is 1. The minimum atomic E-state index is -0.321. The maximum absolute atomic E-state index is 12.1. The quantitative estimate of drug-likeness (QED) is 0.312. The van der Waals surface area contributed by atoms with Crippen LogP contribution >= 0.6 is 0 Å². The summed E-state index contributed by atoms with van der Waals surface area (Å²) in [5.41, 5.74) is 0.254. The van der Waals surface area contributed by atoms with Crippen LogP contribution in [0.4, 0.5) is 0 Å². The van der Waals surface area contributed by atoms with Crippen molar-refractivity contribution in [1.82, 2.24) is 20.9 Å². The van der Waals surface area contributed by atoms with Gasteiger partial charge in [0, 0.05) is 38.1 Å². The van der Waals surface area contributed by atoms with Gasteiger partial charge in [0.2, 0.25) is 5.91 Å². The lowest BCUT2D eigenvalue weighted by Crippen LogP contribution is -2.50. The van der Waals surface area contributed by atoms with Gasteiger partial charge in [0.05, 0.1) is 12.1 Å². The van der Waals surface area contributed by atoms with Crippen LogP contribution < -0.4 is 16.0 Å².